The first kappa shape index (κ1) is 12.8. The van der Waals surface area contributed by atoms with Gasteiger partial charge in [0.05, 0.1) is 13.2 Å². The molecule has 1 N–H and O–H groups in total. The first-order valence-corrected chi connectivity index (χ1v) is 6.31. The highest BCUT2D eigenvalue weighted by atomic mass is 19.2. The number of hydrogen-bond acceptors (Lipinski definition) is 1. The fourth-order valence-electron chi connectivity index (χ4n) is 2.42. The lowest BCUT2D eigenvalue weighted by atomic mass is 10.1. The second kappa shape index (κ2) is 5.06. The molecule has 0 spiro atoms. The number of hydrogen-bond donors (Lipinski definition) is 1. The number of aliphatic hydroxyl groups excluding tert-OH is 1. The molecule has 2 nitrogen and oxygen atoms in total. The van der Waals surface area contributed by atoms with E-state index in [0.29, 0.717) is 5.56 Å². The first-order chi connectivity index (χ1) is 9.70. The summed E-state index contributed by atoms with van der Waals surface area (Å²) in [7, 11) is 0. The fourth-order valence-corrected chi connectivity index (χ4v) is 2.42. The van der Waals surface area contributed by atoms with Gasteiger partial charge in [0.25, 0.3) is 0 Å². The van der Waals surface area contributed by atoms with Crippen LogP contribution in [0.5, 0.6) is 0 Å². The average Bonchev–Trinajstić information content (AvgIpc) is 2.87. The third kappa shape index (κ3) is 2.08. The summed E-state index contributed by atoms with van der Waals surface area (Å²) in [5.74, 6) is -1.65. The van der Waals surface area contributed by atoms with Crippen LogP contribution in [0.25, 0.3) is 10.9 Å². The van der Waals surface area contributed by atoms with Gasteiger partial charge in [-0.25, -0.2) is 8.78 Å². The highest BCUT2D eigenvalue weighted by Gasteiger charge is 2.10. The SMILES string of the molecule is OCc1cccc2c1ccn2Cc1cccc(F)c1F. The Kier molecular flexibility index (Phi) is 3.24. The van der Waals surface area contributed by atoms with Crippen molar-refractivity contribution in [2.75, 3.05) is 0 Å². The van der Waals surface area contributed by atoms with Crippen molar-refractivity contribution in [2.24, 2.45) is 0 Å². The van der Waals surface area contributed by atoms with Crippen LogP contribution in [0.3, 0.4) is 0 Å². The smallest absolute Gasteiger partial charge is 0.163 e. The molecule has 0 aliphatic rings. The number of nitrogens with zero attached hydrogens (tertiary/aromatic N) is 1. The zero-order valence-electron chi connectivity index (χ0n) is 10.7. The number of benzene rings is 2. The average molecular weight is 273 g/mol. The van der Waals surface area contributed by atoms with E-state index in [2.05, 4.69) is 0 Å². The summed E-state index contributed by atoms with van der Waals surface area (Å²) in [4.78, 5) is 0. The van der Waals surface area contributed by atoms with Crippen LogP contribution in [0, 0.1) is 11.6 Å². The van der Waals surface area contributed by atoms with Crippen LogP contribution in [-0.2, 0) is 13.2 Å². The molecule has 0 radical (unpaired) electrons. The number of rotatable bonds is 3. The molecular formula is C16H13F2NO. The van der Waals surface area contributed by atoms with Crippen molar-refractivity contribution in [1.29, 1.82) is 0 Å². The molecule has 0 saturated carbocycles. The van der Waals surface area contributed by atoms with E-state index >= 15 is 0 Å². The Bertz CT molecular complexity index is 764. The molecule has 20 heavy (non-hydrogen) atoms. The molecular weight excluding hydrogens is 260 g/mol. The number of fused-ring (bicyclic) bond motifs is 1. The van der Waals surface area contributed by atoms with Crippen molar-refractivity contribution >= 4 is 10.9 Å². The summed E-state index contributed by atoms with van der Waals surface area (Å²) in [6, 6.07) is 11.6. The van der Waals surface area contributed by atoms with E-state index in [9.17, 15) is 13.9 Å². The van der Waals surface area contributed by atoms with Crippen LogP contribution in [0.2, 0.25) is 0 Å². The van der Waals surface area contributed by atoms with Crippen LogP contribution in [0.1, 0.15) is 11.1 Å². The van der Waals surface area contributed by atoms with E-state index in [1.165, 1.54) is 6.07 Å². The molecule has 4 heteroatoms. The lowest BCUT2D eigenvalue weighted by molar-refractivity contribution is 0.283. The van der Waals surface area contributed by atoms with Crippen LogP contribution < -0.4 is 0 Å². The summed E-state index contributed by atoms with van der Waals surface area (Å²) in [6.07, 6.45) is 1.81. The lowest BCUT2D eigenvalue weighted by Crippen LogP contribution is -2.02. The Morgan fingerprint density at radius 1 is 0.950 bits per heavy atom. The van der Waals surface area contributed by atoms with Crippen molar-refractivity contribution in [3.8, 4) is 0 Å². The van der Waals surface area contributed by atoms with Gasteiger partial charge >= 0.3 is 0 Å². The normalized spacial score (nSPS) is 11.2. The van der Waals surface area contributed by atoms with Crippen molar-refractivity contribution < 1.29 is 13.9 Å². The predicted molar refractivity (Wildman–Crippen MR) is 73.3 cm³/mol. The topological polar surface area (TPSA) is 25.2 Å². The van der Waals surface area contributed by atoms with Crippen molar-refractivity contribution in [1.82, 2.24) is 4.57 Å². The molecule has 1 heterocycles. The van der Waals surface area contributed by atoms with Gasteiger partial charge in [0.15, 0.2) is 11.6 Å². The van der Waals surface area contributed by atoms with E-state index in [1.54, 1.807) is 6.07 Å². The van der Waals surface area contributed by atoms with E-state index in [1.807, 2.05) is 35.0 Å². The molecule has 0 fully saturated rings. The molecule has 0 unspecified atom stereocenters. The van der Waals surface area contributed by atoms with Gasteiger partial charge in [0.1, 0.15) is 0 Å². The summed E-state index contributed by atoms with van der Waals surface area (Å²) in [6.45, 7) is 0.206. The second-order valence-corrected chi connectivity index (χ2v) is 4.66. The Hall–Kier alpha value is -2.20. The molecule has 102 valence electrons. The Balaban J connectivity index is 2.05. The maximum Gasteiger partial charge on any atom is 0.163 e. The van der Waals surface area contributed by atoms with Gasteiger partial charge in [-0.15, -0.1) is 0 Å². The Morgan fingerprint density at radius 2 is 1.70 bits per heavy atom. The maximum absolute atomic E-state index is 13.7. The van der Waals surface area contributed by atoms with Gasteiger partial charge in [-0.3, -0.25) is 0 Å². The highest BCUT2D eigenvalue weighted by molar-refractivity contribution is 5.83. The van der Waals surface area contributed by atoms with Crippen molar-refractivity contribution in [3.63, 3.8) is 0 Å². The number of aliphatic hydroxyl groups is 1. The van der Waals surface area contributed by atoms with Gasteiger partial charge in [-0.2, -0.15) is 0 Å². The number of halogens is 2. The van der Waals surface area contributed by atoms with E-state index in [0.717, 1.165) is 22.5 Å². The molecule has 0 bridgehead atoms. The summed E-state index contributed by atoms with van der Waals surface area (Å²) in [5.41, 5.74) is 2.01. The first-order valence-electron chi connectivity index (χ1n) is 6.31. The van der Waals surface area contributed by atoms with Gasteiger partial charge in [0.2, 0.25) is 0 Å². The predicted octanol–water partition coefficient (Wildman–Crippen LogP) is 3.46. The quantitative estimate of drug-likeness (QED) is 0.776. The summed E-state index contributed by atoms with van der Waals surface area (Å²) >= 11 is 0. The fraction of sp³-hybridized carbons (Fsp3) is 0.125. The standard InChI is InChI=1S/C16H13F2NO/c17-14-5-1-3-11(16(14)18)9-19-8-7-13-12(10-20)4-2-6-15(13)19/h1-8,20H,9-10H2. The molecule has 2 aromatic carbocycles. The van der Waals surface area contributed by atoms with Gasteiger partial charge in [-0.1, -0.05) is 24.3 Å². The molecule has 0 aliphatic carbocycles. The van der Waals surface area contributed by atoms with E-state index in [4.69, 9.17) is 0 Å². The van der Waals surface area contributed by atoms with Crippen LogP contribution in [-0.4, -0.2) is 9.67 Å². The van der Waals surface area contributed by atoms with Crippen LogP contribution in [0.4, 0.5) is 8.78 Å². The molecule has 3 rings (SSSR count). The molecule has 3 aromatic rings. The molecule has 0 saturated heterocycles. The molecule has 1 aromatic heterocycles. The number of aromatic nitrogens is 1. The zero-order chi connectivity index (χ0) is 14.1. The minimum absolute atomic E-state index is 0.0460. The monoisotopic (exact) mass is 273 g/mol. The highest BCUT2D eigenvalue weighted by Crippen LogP contribution is 2.22. The van der Waals surface area contributed by atoms with Gasteiger partial charge in [-0.05, 0) is 23.8 Å². The van der Waals surface area contributed by atoms with Crippen molar-refractivity contribution in [2.45, 2.75) is 13.2 Å². The maximum atomic E-state index is 13.7. The Labute approximate surface area is 114 Å². The van der Waals surface area contributed by atoms with Crippen LogP contribution >= 0.6 is 0 Å². The van der Waals surface area contributed by atoms with Crippen molar-refractivity contribution in [3.05, 3.63) is 71.4 Å². The van der Waals surface area contributed by atoms with Gasteiger partial charge < -0.3 is 9.67 Å². The molecule has 0 atom stereocenters. The third-order valence-electron chi connectivity index (χ3n) is 3.45. The summed E-state index contributed by atoms with van der Waals surface area (Å²) < 4.78 is 28.8. The minimum atomic E-state index is -0.838. The molecule has 0 amide bonds. The zero-order valence-corrected chi connectivity index (χ0v) is 10.7. The lowest BCUT2D eigenvalue weighted by Gasteiger charge is -2.08. The molecule has 0 aliphatic heterocycles. The largest absolute Gasteiger partial charge is 0.392 e. The van der Waals surface area contributed by atoms with Gasteiger partial charge in [0, 0.05) is 22.7 Å². The van der Waals surface area contributed by atoms with E-state index in [-0.39, 0.29) is 13.2 Å². The van der Waals surface area contributed by atoms with Crippen LogP contribution in [0.15, 0.2) is 48.7 Å². The third-order valence-corrected chi connectivity index (χ3v) is 3.45. The second-order valence-electron chi connectivity index (χ2n) is 4.66. The Morgan fingerprint density at radius 3 is 2.50 bits per heavy atom. The minimum Gasteiger partial charge on any atom is -0.392 e. The van der Waals surface area contributed by atoms with E-state index < -0.39 is 11.6 Å². The summed E-state index contributed by atoms with van der Waals surface area (Å²) in [5, 5.41) is 10.2.